The van der Waals surface area contributed by atoms with E-state index in [2.05, 4.69) is 5.32 Å². The fourth-order valence-corrected chi connectivity index (χ4v) is 3.76. The summed E-state index contributed by atoms with van der Waals surface area (Å²) in [5.74, 6) is -0.0398. The Balaban J connectivity index is 1.50. The van der Waals surface area contributed by atoms with Crippen LogP contribution in [0.25, 0.3) is 16.9 Å². The van der Waals surface area contributed by atoms with Crippen molar-refractivity contribution < 1.29 is 14.5 Å². The molecule has 1 aromatic heterocycles. The number of para-hydroxylation sites is 1. The van der Waals surface area contributed by atoms with Crippen LogP contribution in [-0.2, 0) is 11.3 Å². The fraction of sp³-hybridized carbons (Fsp3) is 0.154. The highest BCUT2D eigenvalue weighted by Gasteiger charge is 2.17. The highest BCUT2D eigenvalue weighted by atomic mass is 16.6. The van der Waals surface area contributed by atoms with Crippen LogP contribution in [-0.4, -0.2) is 46.2 Å². The first-order valence-corrected chi connectivity index (χ1v) is 10.9. The molecule has 0 saturated heterocycles. The second-order valence-corrected chi connectivity index (χ2v) is 8.01. The van der Waals surface area contributed by atoms with E-state index in [1.165, 1.54) is 25.3 Å². The van der Waals surface area contributed by atoms with Crippen molar-refractivity contribution in [2.24, 2.45) is 0 Å². The van der Waals surface area contributed by atoms with E-state index in [9.17, 15) is 14.9 Å². The van der Waals surface area contributed by atoms with Crippen LogP contribution in [0.3, 0.4) is 0 Å². The molecule has 1 heterocycles. The molecule has 9 heteroatoms. The average Bonchev–Trinajstić information content (AvgIpc) is 3.28. The Kier molecular flexibility index (Phi) is 7.18. The molecule has 0 bridgehead atoms. The number of nitro benzene ring substituents is 1. The van der Waals surface area contributed by atoms with Gasteiger partial charge in [0.05, 0.1) is 41.7 Å². The number of amides is 1. The van der Waals surface area contributed by atoms with E-state index in [0.29, 0.717) is 12.2 Å². The lowest BCUT2D eigenvalue weighted by Crippen LogP contribution is -2.30. The molecule has 1 N–H and O–H groups in total. The minimum Gasteiger partial charge on any atom is -0.494 e. The van der Waals surface area contributed by atoms with Crippen LogP contribution in [0, 0.1) is 10.1 Å². The predicted molar refractivity (Wildman–Crippen MR) is 134 cm³/mol. The van der Waals surface area contributed by atoms with Gasteiger partial charge in [0, 0.05) is 29.9 Å². The number of hydrogen-bond acceptors (Lipinski definition) is 6. The van der Waals surface area contributed by atoms with Gasteiger partial charge in [-0.1, -0.05) is 48.5 Å². The number of benzene rings is 3. The van der Waals surface area contributed by atoms with Gasteiger partial charge in [0.25, 0.3) is 5.69 Å². The Bertz CT molecular complexity index is 1320. The van der Waals surface area contributed by atoms with Crippen LogP contribution in [0.4, 0.5) is 11.4 Å². The number of anilines is 1. The maximum atomic E-state index is 12.7. The van der Waals surface area contributed by atoms with Crippen molar-refractivity contribution in [3.8, 4) is 22.7 Å². The van der Waals surface area contributed by atoms with Crippen molar-refractivity contribution in [3.05, 3.63) is 101 Å². The molecule has 4 rings (SSSR count). The Morgan fingerprint density at radius 2 is 1.77 bits per heavy atom. The third-order valence-corrected chi connectivity index (χ3v) is 5.38. The number of carbonyl (C=O) groups excluding carboxylic acids is 1. The summed E-state index contributed by atoms with van der Waals surface area (Å²) in [7, 11) is 3.25. The molecule has 35 heavy (non-hydrogen) atoms. The van der Waals surface area contributed by atoms with Gasteiger partial charge < -0.3 is 10.1 Å². The van der Waals surface area contributed by atoms with Crippen LogP contribution < -0.4 is 10.1 Å². The van der Waals surface area contributed by atoms with Crippen LogP contribution >= 0.6 is 0 Å². The summed E-state index contributed by atoms with van der Waals surface area (Å²) in [5.41, 5.74) is 4.02. The molecule has 0 radical (unpaired) electrons. The Labute approximate surface area is 202 Å². The lowest BCUT2D eigenvalue weighted by atomic mass is 10.1. The van der Waals surface area contributed by atoms with Gasteiger partial charge in [-0.15, -0.1) is 0 Å². The van der Waals surface area contributed by atoms with Gasteiger partial charge in [-0.2, -0.15) is 5.10 Å². The number of likely N-dealkylation sites (N-methyl/N-ethyl adjacent to an activating group) is 1. The molecule has 3 aromatic carbocycles. The number of hydrogen-bond donors (Lipinski definition) is 1. The molecule has 0 saturated carbocycles. The molecule has 0 fully saturated rings. The van der Waals surface area contributed by atoms with E-state index in [1.54, 1.807) is 0 Å². The minimum absolute atomic E-state index is 0.102. The number of rotatable bonds is 9. The highest BCUT2D eigenvalue weighted by Crippen LogP contribution is 2.29. The molecular weight excluding hydrogens is 446 g/mol. The van der Waals surface area contributed by atoms with Gasteiger partial charge in [0.1, 0.15) is 5.75 Å². The molecule has 0 spiro atoms. The fourth-order valence-electron chi connectivity index (χ4n) is 3.76. The first kappa shape index (κ1) is 23.7. The van der Waals surface area contributed by atoms with Crippen LogP contribution in [0.2, 0.25) is 0 Å². The number of nitro groups is 1. The summed E-state index contributed by atoms with van der Waals surface area (Å²) in [4.78, 5) is 25.1. The molecule has 1 amide bonds. The molecule has 178 valence electrons. The van der Waals surface area contributed by atoms with Gasteiger partial charge in [0.15, 0.2) is 0 Å². The van der Waals surface area contributed by atoms with Gasteiger partial charge in [-0.25, -0.2) is 4.68 Å². The lowest BCUT2D eigenvalue weighted by molar-refractivity contribution is -0.384. The van der Waals surface area contributed by atoms with Crippen molar-refractivity contribution in [3.63, 3.8) is 0 Å². The number of nitrogens with one attached hydrogen (secondary N) is 1. The number of methoxy groups -OCH3 is 1. The molecule has 9 nitrogen and oxygen atoms in total. The van der Waals surface area contributed by atoms with Crippen molar-refractivity contribution in [2.45, 2.75) is 6.54 Å². The van der Waals surface area contributed by atoms with Crippen molar-refractivity contribution >= 4 is 17.3 Å². The van der Waals surface area contributed by atoms with Gasteiger partial charge >= 0.3 is 0 Å². The van der Waals surface area contributed by atoms with E-state index in [1.807, 2.05) is 83.5 Å². The predicted octanol–water partition coefficient (Wildman–Crippen LogP) is 4.53. The standard InChI is InChI=1S/C26H25N5O4/c1-29(18-25(32)27-23-14-13-22(31(33)34)15-24(23)35-2)16-20-17-30(21-11-7-4-8-12-21)28-26(20)19-9-5-3-6-10-19/h3-15,17H,16,18H2,1-2H3,(H,27,32). The number of aromatic nitrogens is 2. The summed E-state index contributed by atoms with van der Waals surface area (Å²) in [6.45, 7) is 0.590. The van der Waals surface area contributed by atoms with E-state index >= 15 is 0 Å². The molecule has 0 unspecified atom stereocenters. The topological polar surface area (TPSA) is 103 Å². The summed E-state index contributed by atoms with van der Waals surface area (Å²) >= 11 is 0. The second-order valence-electron chi connectivity index (χ2n) is 8.01. The van der Waals surface area contributed by atoms with Crippen molar-refractivity contribution in [1.29, 1.82) is 0 Å². The first-order valence-electron chi connectivity index (χ1n) is 10.9. The third kappa shape index (κ3) is 5.71. The molecule has 4 aromatic rings. The molecule has 0 atom stereocenters. The molecular formula is C26H25N5O4. The Morgan fingerprint density at radius 1 is 1.09 bits per heavy atom. The van der Waals surface area contributed by atoms with Gasteiger partial charge in [-0.3, -0.25) is 19.8 Å². The number of ether oxygens (including phenoxy) is 1. The minimum atomic E-state index is -0.512. The maximum Gasteiger partial charge on any atom is 0.273 e. The van der Waals surface area contributed by atoms with Crippen molar-refractivity contribution in [2.75, 3.05) is 26.0 Å². The number of carbonyl (C=O) groups is 1. The number of nitrogens with zero attached hydrogens (tertiary/aromatic N) is 4. The summed E-state index contributed by atoms with van der Waals surface area (Å²) < 4.78 is 7.04. The van der Waals surface area contributed by atoms with E-state index in [4.69, 9.17) is 9.84 Å². The zero-order valence-electron chi connectivity index (χ0n) is 19.4. The summed E-state index contributed by atoms with van der Waals surface area (Å²) in [5, 5.41) is 18.6. The van der Waals surface area contributed by atoms with Gasteiger partial charge in [-0.05, 0) is 25.2 Å². The SMILES string of the molecule is COc1cc([N+](=O)[O-])ccc1NC(=O)CN(C)Cc1cn(-c2ccccc2)nc1-c1ccccc1. The smallest absolute Gasteiger partial charge is 0.273 e. The van der Waals surface area contributed by atoms with E-state index < -0.39 is 4.92 Å². The highest BCUT2D eigenvalue weighted by molar-refractivity contribution is 5.93. The monoisotopic (exact) mass is 471 g/mol. The van der Waals surface area contributed by atoms with Gasteiger partial charge in [0.2, 0.25) is 5.91 Å². The largest absolute Gasteiger partial charge is 0.494 e. The molecule has 0 aliphatic carbocycles. The Hall–Kier alpha value is -4.50. The third-order valence-electron chi connectivity index (χ3n) is 5.38. The van der Waals surface area contributed by atoms with Crippen LogP contribution in [0.1, 0.15) is 5.56 Å². The maximum absolute atomic E-state index is 12.7. The lowest BCUT2D eigenvalue weighted by Gasteiger charge is -2.17. The van der Waals surface area contributed by atoms with E-state index in [0.717, 1.165) is 22.5 Å². The van der Waals surface area contributed by atoms with E-state index in [-0.39, 0.29) is 23.9 Å². The average molecular weight is 472 g/mol. The quantitative estimate of drug-likeness (QED) is 0.284. The number of non-ortho nitro benzene ring substituents is 1. The zero-order valence-corrected chi connectivity index (χ0v) is 19.4. The first-order chi connectivity index (χ1) is 16.9. The van der Waals surface area contributed by atoms with Crippen LogP contribution in [0.5, 0.6) is 5.75 Å². The molecule has 0 aliphatic heterocycles. The second kappa shape index (κ2) is 10.6. The Morgan fingerprint density at radius 3 is 2.43 bits per heavy atom. The van der Waals surface area contributed by atoms with Crippen LogP contribution in [0.15, 0.2) is 85.1 Å². The summed E-state index contributed by atoms with van der Waals surface area (Å²) in [6, 6.07) is 23.8. The zero-order chi connectivity index (χ0) is 24.8. The normalized spacial score (nSPS) is 10.8. The summed E-state index contributed by atoms with van der Waals surface area (Å²) in [6.07, 6.45) is 1.98. The van der Waals surface area contributed by atoms with Crippen molar-refractivity contribution in [1.82, 2.24) is 14.7 Å². The molecule has 0 aliphatic rings.